The van der Waals surface area contributed by atoms with Gasteiger partial charge in [0.2, 0.25) is 0 Å². The van der Waals surface area contributed by atoms with Gasteiger partial charge in [-0.2, -0.15) is 0 Å². The number of nitrogens with one attached hydrogen (secondary N) is 1. The van der Waals surface area contributed by atoms with Crippen molar-refractivity contribution in [1.82, 2.24) is 5.32 Å². The van der Waals surface area contributed by atoms with Gasteiger partial charge in [0.1, 0.15) is 0 Å². The molecule has 0 fully saturated rings. The van der Waals surface area contributed by atoms with Crippen LogP contribution in [-0.4, -0.2) is 13.1 Å². The van der Waals surface area contributed by atoms with Crippen molar-refractivity contribution in [1.29, 1.82) is 0 Å². The average Bonchev–Trinajstić information content (AvgIpc) is 2.46. The first-order valence-corrected chi connectivity index (χ1v) is 6.21. The van der Waals surface area contributed by atoms with Crippen molar-refractivity contribution in [2.45, 2.75) is 26.3 Å². The number of halogens is 1. The van der Waals surface area contributed by atoms with E-state index in [4.69, 9.17) is 0 Å². The molecule has 0 saturated carbocycles. The Balaban J connectivity index is 2.56. The van der Waals surface area contributed by atoms with Crippen molar-refractivity contribution >= 4 is 27.3 Å². The predicted octanol–water partition coefficient (Wildman–Crippen LogP) is 3.30. The Bertz CT molecular complexity index is 257. The minimum Gasteiger partial charge on any atom is -0.316 e. The molecule has 1 heterocycles. The van der Waals surface area contributed by atoms with E-state index in [1.807, 2.05) is 18.4 Å². The van der Waals surface area contributed by atoms with Crippen LogP contribution in [0.5, 0.6) is 0 Å². The Morgan fingerprint density at radius 1 is 1.54 bits per heavy atom. The summed E-state index contributed by atoms with van der Waals surface area (Å²) in [5.41, 5.74) is 0. The van der Waals surface area contributed by atoms with Crippen LogP contribution in [0.3, 0.4) is 0 Å². The van der Waals surface area contributed by atoms with Crippen LogP contribution in [0.4, 0.5) is 0 Å². The molecule has 0 aliphatic rings. The molecule has 13 heavy (non-hydrogen) atoms. The normalized spacial score (nSPS) is 13.6. The molecule has 1 rings (SSSR count). The van der Waals surface area contributed by atoms with Gasteiger partial charge in [0, 0.05) is 20.8 Å². The topological polar surface area (TPSA) is 12.0 Å². The van der Waals surface area contributed by atoms with Gasteiger partial charge < -0.3 is 5.32 Å². The summed E-state index contributed by atoms with van der Waals surface area (Å²) in [5.74, 6) is 0.686. The molecule has 0 aromatic carbocycles. The second kappa shape index (κ2) is 5.13. The zero-order chi connectivity index (χ0) is 9.84. The highest BCUT2D eigenvalue weighted by Crippen LogP contribution is 2.22. The van der Waals surface area contributed by atoms with E-state index in [1.54, 1.807) is 0 Å². The maximum absolute atomic E-state index is 3.47. The summed E-state index contributed by atoms with van der Waals surface area (Å²) >= 11 is 5.29. The van der Waals surface area contributed by atoms with Crippen LogP contribution in [-0.2, 0) is 6.42 Å². The summed E-state index contributed by atoms with van der Waals surface area (Å²) < 4.78 is 1.20. The summed E-state index contributed by atoms with van der Waals surface area (Å²) in [6.07, 6.45) is 1.13. The van der Waals surface area contributed by atoms with E-state index in [9.17, 15) is 0 Å². The summed E-state index contributed by atoms with van der Waals surface area (Å²) in [4.78, 5) is 1.44. The van der Waals surface area contributed by atoms with Gasteiger partial charge in [-0.15, -0.1) is 11.3 Å². The van der Waals surface area contributed by atoms with Gasteiger partial charge in [0.25, 0.3) is 0 Å². The van der Waals surface area contributed by atoms with Crippen LogP contribution < -0.4 is 5.32 Å². The Hall–Kier alpha value is 0.140. The van der Waals surface area contributed by atoms with Crippen LogP contribution in [0.25, 0.3) is 0 Å². The lowest BCUT2D eigenvalue weighted by molar-refractivity contribution is 0.427. The molecule has 1 N–H and O–H groups in total. The second-order valence-corrected chi connectivity index (χ2v) is 5.49. The number of rotatable bonds is 4. The van der Waals surface area contributed by atoms with Gasteiger partial charge in [-0.05, 0) is 41.4 Å². The van der Waals surface area contributed by atoms with Gasteiger partial charge in [0.15, 0.2) is 0 Å². The van der Waals surface area contributed by atoms with Gasteiger partial charge in [0.05, 0.1) is 0 Å². The Kier molecular flexibility index (Phi) is 4.42. The smallest absolute Gasteiger partial charge is 0.0285 e. The maximum Gasteiger partial charge on any atom is 0.0285 e. The van der Waals surface area contributed by atoms with Crippen LogP contribution >= 0.6 is 27.3 Å². The molecule has 1 unspecified atom stereocenters. The van der Waals surface area contributed by atoms with Gasteiger partial charge in [-0.3, -0.25) is 0 Å². The molecule has 1 aromatic rings. The highest BCUT2D eigenvalue weighted by atomic mass is 79.9. The van der Waals surface area contributed by atoms with Crippen molar-refractivity contribution in [2.24, 2.45) is 5.92 Å². The van der Waals surface area contributed by atoms with Gasteiger partial charge in [-0.25, -0.2) is 0 Å². The highest BCUT2D eigenvalue weighted by Gasteiger charge is 2.12. The molecular formula is C10H16BrNS. The first-order valence-electron chi connectivity index (χ1n) is 4.53. The first kappa shape index (κ1) is 11.2. The summed E-state index contributed by atoms with van der Waals surface area (Å²) in [5, 5.41) is 5.49. The van der Waals surface area contributed by atoms with Crippen molar-refractivity contribution in [3.05, 3.63) is 20.8 Å². The third-order valence-electron chi connectivity index (χ3n) is 2.22. The van der Waals surface area contributed by atoms with Crippen LogP contribution in [0.15, 0.2) is 15.9 Å². The van der Waals surface area contributed by atoms with E-state index in [2.05, 4.69) is 46.5 Å². The molecular weight excluding hydrogens is 246 g/mol. The molecule has 0 radical (unpaired) electrons. The summed E-state index contributed by atoms with van der Waals surface area (Å²) in [7, 11) is 2.04. The minimum absolute atomic E-state index is 0.588. The van der Waals surface area contributed by atoms with Gasteiger partial charge >= 0.3 is 0 Å². The summed E-state index contributed by atoms with van der Waals surface area (Å²) in [6.45, 7) is 4.51. The van der Waals surface area contributed by atoms with E-state index < -0.39 is 0 Å². The predicted molar refractivity (Wildman–Crippen MR) is 63.4 cm³/mol. The molecule has 1 atom stereocenters. The molecule has 74 valence electrons. The van der Waals surface area contributed by atoms with Crippen LogP contribution in [0, 0.1) is 5.92 Å². The lowest BCUT2D eigenvalue weighted by atomic mass is 10.0. The fraction of sp³-hybridized carbons (Fsp3) is 0.600. The van der Waals surface area contributed by atoms with Gasteiger partial charge in [-0.1, -0.05) is 13.8 Å². The molecule has 0 bridgehead atoms. The fourth-order valence-electron chi connectivity index (χ4n) is 1.35. The lowest BCUT2D eigenvalue weighted by Crippen LogP contribution is -2.32. The quantitative estimate of drug-likeness (QED) is 0.877. The fourth-order valence-corrected chi connectivity index (χ4v) is 2.86. The largest absolute Gasteiger partial charge is 0.316 e. The van der Waals surface area contributed by atoms with E-state index in [-0.39, 0.29) is 0 Å². The standard InChI is InChI=1S/C10H16BrNS/c1-7(2)10(12-3)5-9-4-8(11)6-13-9/h4,6-7,10,12H,5H2,1-3H3. The zero-order valence-electron chi connectivity index (χ0n) is 8.30. The Labute approximate surface area is 92.7 Å². The van der Waals surface area contributed by atoms with Crippen molar-refractivity contribution < 1.29 is 0 Å². The third kappa shape index (κ3) is 3.41. The number of thiophene rings is 1. The second-order valence-electron chi connectivity index (χ2n) is 3.57. The first-order chi connectivity index (χ1) is 6.13. The molecule has 3 heteroatoms. The average molecular weight is 262 g/mol. The van der Waals surface area contributed by atoms with E-state index in [1.165, 1.54) is 9.35 Å². The van der Waals surface area contributed by atoms with Crippen molar-refractivity contribution in [2.75, 3.05) is 7.05 Å². The van der Waals surface area contributed by atoms with Crippen LogP contribution in [0.1, 0.15) is 18.7 Å². The SMILES string of the molecule is CNC(Cc1cc(Br)cs1)C(C)C. The zero-order valence-corrected chi connectivity index (χ0v) is 10.7. The molecule has 0 aliphatic carbocycles. The summed E-state index contributed by atoms with van der Waals surface area (Å²) in [6, 6.07) is 2.79. The minimum atomic E-state index is 0.588. The molecule has 0 aliphatic heterocycles. The van der Waals surface area contributed by atoms with Crippen molar-refractivity contribution in [3.63, 3.8) is 0 Å². The highest BCUT2D eigenvalue weighted by molar-refractivity contribution is 9.10. The number of hydrogen-bond donors (Lipinski definition) is 1. The van der Waals surface area contributed by atoms with E-state index >= 15 is 0 Å². The van der Waals surface area contributed by atoms with E-state index in [0.717, 1.165) is 6.42 Å². The third-order valence-corrected chi connectivity index (χ3v) is 3.94. The molecule has 0 spiro atoms. The maximum atomic E-state index is 3.47. The monoisotopic (exact) mass is 261 g/mol. The Morgan fingerprint density at radius 2 is 2.23 bits per heavy atom. The lowest BCUT2D eigenvalue weighted by Gasteiger charge is -2.18. The Morgan fingerprint density at radius 3 is 2.62 bits per heavy atom. The molecule has 1 aromatic heterocycles. The van der Waals surface area contributed by atoms with Crippen LogP contribution in [0.2, 0.25) is 0 Å². The number of likely N-dealkylation sites (N-methyl/N-ethyl adjacent to an activating group) is 1. The van der Waals surface area contributed by atoms with E-state index in [0.29, 0.717) is 12.0 Å². The number of hydrogen-bond acceptors (Lipinski definition) is 2. The van der Waals surface area contributed by atoms with Crippen molar-refractivity contribution in [3.8, 4) is 0 Å². The molecule has 1 nitrogen and oxygen atoms in total. The molecule has 0 saturated heterocycles. The molecule has 0 amide bonds.